The highest BCUT2D eigenvalue weighted by atomic mass is 32.2. The molecule has 1 aliphatic heterocycles. The summed E-state index contributed by atoms with van der Waals surface area (Å²) in [5, 5.41) is 2.99. The van der Waals surface area contributed by atoms with Crippen molar-refractivity contribution in [1.29, 1.82) is 0 Å². The van der Waals surface area contributed by atoms with Gasteiger partial charge in [0.25, 0.3) is 5.91 Å². The monoisotopic (exact) mass is 448 g/mol. The third kappa shape index (κ3) is 5.11. The molecule has 2 aliphatic rings. The first-order valence-corrected chi connectivity index (χ1v) is 13.0. The average Bonchev–Trinajstić information content (AvgIpc) is 3.04. The van der Waals surface area contributed by atoms with Crippen LogP contribution in [0.3, 0.4) is 0 Å². The first-order valence-electron chi connectivity index (χ1n) is 10.5. The predicted molar refractivity (Wildman–Crippen MR) is 118 cm³/mol. The summed E-state index contributed by atoms with van der Waals surface area (Å²) in [7, 11) is -3.41. The minimum absolute atomic E-state index is 0.0632. The molecule has 1 aromatic heterocycles. The summed E-state index contributed by atoms with van der Waals surface area (Å²) < 4.78 is 32.3. The Morgan fingerprint density at radius 3 is 2.60 bits per heavy atom. The number of ether oxygens (including phenoxy) is 1. The molecule has 6 nitrogen and oxygen atoms in total. The van der Waals surface area contributed by atoms with E-state index in [4.69, 9.17) is 4.74 Å². The van der Waals surface area contributed by atoms with Crippen molar-refractivity contribution in [2.24, 2.45) is 0 Å². The van der Waals surface area contributed by atoms with E-state index < -0.39 is 10.0 Å². The number of benzene rings is 1. The first kappa shape index (κ1) is 21.5. The van der Waals surface area contributed by atoms with Crippen molar-refractivity contribution in [3.63, 3.8) is 0 Å². The summed E-state index contributed by atoms with van der Waals surface area (Å²) >= 11 is 1.60. The van der Waals surface area contributed by atoms with Gasteiger partial charge in [-0.05, 0) is 48.4 Å². The molecule has 0 radical (unpaired) electrons. The van der Waals surface area contributed by atoms with E-state index >= 15 is 0 Å². The number of thiophene rings is 1. The zero-order valence-electron chi connectivity index (χ0n) is 17.1. The van der Waals surface area contributed by atoms with Gasteiger partial charge in [0.05, 0.1) is 23.8 Å². The number of carbonyl (C=O) groups excluding carboxylic acids is 1. The molecule has 0 saturated carbocycles. The zero-order chi connectivity index (χ0) is 21.0. The highest BCUT2D eigenvalue weighted by molar-refractivity contribution is 7.88. The fourth-order valence-corrected chi connectivity index (χ4v) is 6.76. The number of amides is 1. The third-order valence-electron chi connectivity index (χ3n) is 5.73. The molecule has 2 heterocycles. The molecule has 1 aromatic carbocycles. The molecule has 1 fully saturated rings. The van der Waals surface area contributed by atoms with Crippen molar-refractivity contribution in [3.05, 3.63) is 56.8 Å². The summed E-state index contributed by atoms with van der Waals surface area (Å²) in [6.07, 6.45) is 5.76. The molecule has 30 heavy (non-hydrogen) atoms. The summed E-state index contributed by atoms with van der Waals surface area (Å²) in [4.78, 5) is 14.8. The highest BCUT2D eigenvalue weighted by Crippen LogP contribution is 2.29. The number of morpholine rings is 1. The van der Waals surface area contributed by atoms with Crippen LogP contribution in [-0.2, 0) is 39.9 Å². The zero-order valence-corrected chi connectivity index (χ0v) is 18.7. The summed E-state index contributed by atoms with van der Waals surface area (Å²) in [6, 6.07) is 9.46. The van der Waals surface area contributed by atoms with Crippen LogP contribution in [-0.4, -0.2) is 44.9 Å². The van der Waals surface area contributed by atoms with Crippen LogP contribution in [0.25, 0.3) is 0 Å². The van der Waals surface area contributed by atoms with Gasteiger partial charge in [-0.1, -0.05) is 30.7 Å². The van der Waals surface area contributed by atoms with E-state index in [0.29, 0.717) is 32.8 Å². The standard InChI is InChI=1S/C22H28N2O4S2/c25-22(21-14-17-6-2-1-3-9-20(17)29-21)23-15-18-7-4-5-8-19(18)16-30(26,27)24-10-12-28-13-11-24/h4-5,7-8,14H,1-3,6,9-13,15-16H2,(H,23,25). The molecule has 8 heteroatoms. The lowest BCUT2D eigenvalue weighted by Gasteiger charge is -2.26. The molecule has 1 N–H and O–H groups in total. The molecule has 0 atom stereocenters. The molecule has 1 amide bonds. The Morgan fingerprint density at radius 2 is 1.80 bits per heavy atom. The minimum atomic E-state index is -3.41. The Hall–Kier alpha value is -1.74. The quantitative estimate of drug-likeness (QED) is 0.689. The Labute approximate surface area is 182 Å². The number of hydrogen-bond donors (Lipinski definition) is 1. The third-order valence-corrected chi connectivity index (χ3v) is 8.79. The van der Waals surface area contributed by atoms with Crippen LogP contribution < -0.4 is 5.32 Å². The van der Waals surface area contributed by atoms with Crippen LogP contribution in [0.4, 0.5) is 0 Å². The molecule has 0 unspecified atom stereocenters. The van der Waals surface area contributed by atoms with E-state index in [1.165, 1.54) is 34.0 Å². The van der Waals surface area contributed by atoms with Crippen molar-refractivity contribution in [2.75, 3.05) is 26.3 Å². The Kier molecular flexibility index (Phi) is 6.87. The number of rotatable bonds is 6. The van der Waals surface area contributed by atoms with Crippen molar-refractivity contribution in [3.8, 4) is 0 Å². The van der Waals surface area contributed by atoms with Crippen molar-refractivity contribution >= 4 is 27.3 Å². The van der Waals surface area contributed by atoms with Gasteiger partial charge in [-0.2, -0.15) is 4.31 Å². The van der Waals surface area contributed by atoms with Crippen LogP contribution in [0.15, 0.2) is 30.3 Å². The second kappa shape index (κ2) is 9.60. The lowest BCUT2D eigenvalue weighted by Crippen LogP contribution is -2.41. The van der Waals surface area contributed by atoms with Gasteiger partial charge in [0.15, 0.2) is 0 Å². The van der Waals surface area contributed by atoms with E-state index in [2.05, 4.69) is 5.32 Å². The van der Waals surface area contributed by atoms with Crippen LogP contribution >= 0.6 is 11.3 Å². The second-order valence-corrected chi connectivity index (χ2v) is 10.9. The molecule has 1 aliphatic carbocycles. The topological polar surface area (TPSA) is 75.7 Å². The maximum atomic E-state index is 12.8. The van der Waals surface area contributed by atoms with Gasteiger partial charge >= 0.3 is 0 Å². The number of aryl methyl sites for hydroxylation is 2. The van der Waals surface area contributed by atoms with Crippen LogP contribution in [0.2, 0.25) is 0 Å². The lowest BCUT2D eigenvalue weighted by molar-refractivity contribution is 0.0729. The normalized spacial score (nSPS) is 17.9. The van der Waals surface area contributed by atoms with Crippen molar-refractivity contribution in [1.82, 2.24) is 9.62 Å². The summed E-state index contributed by atoms with van der Waals surface area (Å²) in [5.74, 6) is -0.147. The fourth-order valence-electron chi connectivity index (χ4n) is 4.03. The Balaban J connectivity index is 1.42. The molecule has 0 spiro atoms. The molecular weight excluding hydrogens is 420 g/mol. The molecule has 1 saturated heterocycles. The first-order chi connectivity index (χ1) is 14.5. The van der Waals surface area contributed by atoms with E-state index in [1.807, 2.05) is 30.3 Å². The van der Waals surface area contributed by atoms with Gasteiger partial charge in [-0.25, -0.2) is 8.42 Å². The van der Waals surface area contributed by atoms with Gasteiger partial charge in [-0.3, -0.25) is 4.79 Å². The molecular formula is C22H28N2O4S2. The van der Waals surface area contributed by atoms with Gasteiger partial charge < -0.3 is 10.1 Å². The predicted octanol–water partition coefficient (Wildman–Crippen LogP) is 3.11. The number of carbonyl (C=O) groups is 1. The largest absolute Gasteiger partial charge is 0.379 e. The number of hydrogen-bond acceptors (Lipinski definition) is 5. The van der Waals surface area contributed by atoms with Crippen molar-refractivity contribution in [2.45, 2.75) is 44.4 Å². The van der Waals surface area contributed by atoms with Gasteiger partial charge in [0, 0.05) is 24.5 Å². The maximum absolute atomic E-state index is 12.8. The van der Waals surface area contributed by atoms with Crippen LogP contribution in [0.5, 0.6) is 0 Å². The summed E-state index contributed by atoms with van der Waals surface area (Å²) in [5.41, 5.74) is 2.88. The SMILES string of the molecule is O=C(NCc1ccccc1CS(=O)(=O)N1CCOCC1)c1cc2c(s1)CCCCC2. The average molecular weight is 449 g/mol. The van der Waals surface area contributed by atoms with Gasteiger partial charge in [0.2, 0.25) is 10.0 Å². The number of nitrogens with one attached hydrogen (secondary N) is 1. The Morgan fingerprint density at radius 1 is 1.07 bits per heavy atom. The molecule has 2 aromatic rings. The smallest absolute Gasteiger partial charge is 0.261 e. The van der Waals surface area contributed by atoms with Crippen molar-refractivity contribution < 1.29 is 17.9 Å². The van der Waals surface area contributed by atoms with E-state index in [-0.39, 0.29) is 11.7 Å². The number of fused-ring (bicyclic) bond motifs is 1. The molecule has 162 valence electrons. The lowest BCUT2D eigenvalue weighted by atomic mass is 10.1. The maximum Gasteiger partial charge on any atom is 0.261 e. The molecule has 0 bridgehead atoms. The Bertz CT molecular complexity index is 971. The second-order valence-electron chi connectivity index (χ2n) is 7.84. The van der Waals surface area contributed by atoms with E-state index in [0.717, 1.165) is 28.8 Å². The minimum Gasteiger partial charge on any atom is -0.379 e. The van der Waals surface area contributed by atoms with Crippen LogP contribution in [0, 0.1) is 0 Å². The van der Waals surface area contributed by atoms with Gasteiger partial charge in [0.1, 0.15) is 0 Å². The van der Waals surface area contributed by atoms with E-state index in [9.17, 15) is 13.2 Å². The molecule has 4 rings (SSSR count). The fraction of sp³-hybridized carbons (Fsp3) is 0.500. The number of sulfonamides is 1. The van der Waals surface area contributed by atoms with E-state index in [1.54, 1.807) is 11.3 Å². The number of nitrogens with zero attached hydrogens (tertiary/aromatic N) is 1. The highest BCUT2D eigenvalue weighted by Gasteiger charge is 2.25. The van der Waals surface area contributed by atoms with Crippen LogP contribution in [0.1, 0.15) is 50.5 Å². The summed E-state index contributed by atoms with van der Waals surface area (Å²) in [6.45, 7) is 1.97. The van der Waals surface area contributed by atoms with Gasteiger partial charge in [-0.15, -0.1) is 11.3 Å².